The highest BCUT2D eigenvalue weighted by Crippen LogP contribution is 2.24. The predicted molar refractivity (Wildman–Crippen MR) is 146 cm³/mol. The minimum absolute atomic E-state index is 0.0234. The van der Waals surface area contributed by atoms with E-state index in [1.54, 1.807) is 6.08 Å². The lowest BCUT2D eigenvalue weighted by atomic mass is 10.0. The van der Waals surface area contributed by atoms with Crippen molar-refractivity contribution in [2.75, 3.05) is 26.2 Å². The Balaban J connectivity index is 1.43. The van der Waals surface area contributed by atoms with Crippen molar-refractivity contribution in [2.45, 2.75) is 70.6 Å². The monoisotopic (exact) mass is 493 g/mol. The third-order valence-electron chi connectivity index (χ3n) is 7.12. The summed E-state index contributed by atoms with van der Waals surface area (Å²) in [7, 11) is 0. The van der Waals surface area contributed by atoms with Gasteiger partial charge in [-0.1, -0.05) is 61.6 Å². The molecule has 0 aromatic carbocycles. The Morgan fingerprint density at radius 2 is 1.78 bits per heavy atom. The van der Waals surface area contributed by atoms with E-state index in [-0.39, 0.29) is 23.5 Å². The van der Waals surface area contributed by atoms with Crippen molar-refractivity contribution in [3.8, 4) is 0 Å². The molecule has 1 saturated heterocycles. The molecule has 3 unspecified atom stereocenters. The molecule has 0 aromatic heterocycles. The van der Waals surface area contributed by atoms with E-state index in [4.69, 9.17) is 19.5 Å². The van der Waals surface area contributed by atoms with Gasteiger partial charge in [0.2, 0.25) is 5.90 Å². The molecule has 4 aliphatic rings. The fraction of sp³-hybridized carbons (Fsp3) is 0.533. The fourth-order valence-corrected chi connectivity index (χ4v) is 4.54. The third kappa shape index (κ3) is 7.63. The number of rotatable bonds is 7. The van der Waals surface area contributed by atoms with E-state index in [0.717, 1.165) is 44.5 Å². The average Bonchev–Trinajstić information content (AvgIpc) is 3.19. The fourth-order valence-electron chi connectivity index (χ4n) is 4.54. The van der Waals surface area contributed by atoms with Crippen LogP contribution >= 0.6 is 0 Å². The van der Waals surface area contributed by atoms with E-state index in [2.05, 4.69) is 50.0 Å². The number of hydrogen-bond donors (Lipinski definition) is 0. The van der Waals surface area contributed by atoms with Crippen molar-refractivity contribution in [3.05, 3.63) is 72.3 Å². The van der Waals surface area contributed by atoms with E-state index < -0.39 is 0 Å². The lowest BCUT2D eigenvalue weighted by molar-refractivity contribution is 0.0938. The minimum Gasteiger partial charge on any atom is -0.491 e. The first-order valence-electron chi connectivity index (χ1n) is 13.4. The van der Waals surface area contributed by atoms with Crippen LogP contribution < -0.4 is 0 Å². The molecule has 0 radical (unpaired) electrons. The van der Waals surface area contributed by atoms with Gasteiger partial charge in [-0.15, -0.1) is 0 Å². The van der Waals surface area contributed by atoms with Crippen molar-refractivity contribution in [2.24, 2.45) is 15.9 Å². The van der Waals surface area contributed by atoms with Crippen molar-refractivity contribution in [1.29, 1.82) is 0 Å². The lowest BCUT2D eigenvalue weighted by Gasteiger charge is -2.30. The first-order chi connectivity index (χ1) is 17.4. The summed E-state index contributed by atoms with van der Waals surface area (Å²) in [6.45, 7) is 9.51. The number of likely N-dealkylation sites (tertiary alicyclic amines) is 1. The second kappa shape index (κ2) is 12.5. The van der Waals surface area contributed by atoms with Crippen molar-refractivity contribution >= 4 is 11.6 Å². The van der Waals surface area contributed by atoms with Gasteiger partial charge in [-0.25, -0.2) is 9.38 Å². The number of fused-ring (bicyclic) bond motifs is 2. The van der Waals surface area contributed by atoms with Crippen LogP contribution in [-0.4, -0.2) is 60.4 Å². The number of halogens is 1. The second-order valence-electron chi connectivity index (χ2n) is 10.5. The largest absolute Gasteiger partial charge is 0.491 e. The molecule has 0 aromatic rings. The van der Waals surface area contributed by atoms with E-state index >= 15 is 0 Å². The summed E-state index contributed by atoms with van der Waals surface area (Å²) in [5.74, 6) is 1.24. The van der Waals surface area contributed by atoms with Crippen LogP contribution in [0.2, 0.25) is 0 Å². The van der Waals surface area contributed by atoms with Crippen LogP contribution in [0.15, 0.2) is 82.3 Å². The first-order valence-corrected chi connectivity index (χ1v) is 13.4. The topological polar surface area (TPSA) is 46.4 Å². The van der Waals surface area contributed by atoms with E-state index in [9.17, 15) is 4.39 Å². The Hall–Kier alpha value is -2.73. The molecule has 1 fully saturated rings. The molecule has 2 aliphatic heterocycles. The normalized spacial score (nSPS) is 28.7. The predicted octanol–water partition coefficient (Wildman–Crippen LogP) is 6.28. The molecule has 6 heteroatoms. The van der Waals surface area contributed by atoms with Gasteiger partial charge >= 0.3 is 0 Å². The van der Waals surface area contributed by atoms with Crippen molar-refractivity contribution in [1.82, 2.24) is 4.90 Å². The molecule has 0 amide bonds. The van der Waals surface area contributed by atoms with E-state index in [1.165, 1.54) is 0 Å². The molecule has 5 nitrogen and oxygen atoms in total. The number of ether oxygens (including phenoxy) is 2. The zero-order valence-electron chi connectivity index (χ0n) is 21.9. The number of allylic oxidation sites excluding steroid dienone is 7. The maximum atomic E-state index is 14.2. The molecule has 0 N–H and O–H groups in total. The maximum Gasteiger partial charge on any atom is 0.233 e. The molecule has 2 aliphatic carbocycles. The second-order valence-corrected chi connectivity index (χ2v) is 10.5. The quantitative estimate of drug-likeness (QED) is 0.392. The molecule has 36 heavy (non-hydrogen) atoms. The van der Waals surface area contributed by atoms with Crippen molar-refractivity contribution < 1.29 is 13.9 Å². The van der Waals surface area contributed by atoms with Crippen molar-refractivity contribution in [3.63, 3.8) is 0 Å². The Labute approximate surface area is 215 Å². The number of nitrogens with zero attached hydrogens (tertiary/aromatic N) is 3. The standard InChI is InChI=1S/C30H40FN3O2/c1-4-30(2,3)36-29-27(32-24-12-8-9-13-25(33-29)17-16-24)21-34-19-10-11-23(18-20-34)22-35-28-15-7-5-6-14-26(28)31/h5-9,12-13,15-17,23-25H,4,10-11,14,18-22H2,1-3H3/b12-8-,13-9-,17-16?,32-27?,33-29?. The van der Waals surface area contributed by atoms with E-state index in [1.807, 2.05) is 30.4 Å². The van der Waals surface area contributed by atoms with Gasteiger partial charge in [0.1, 0.15) is 17.1 Å². The van der Waals surface area contributed by atoms with Gasteiger partial charge in [-0.2, -0.15) is 0 Å². The van der Waals surface area contributed by atoms with Gasteiger partial charge in [-0.3, -0.25) is 9.89 Å². The molecule has 2 bridgehead atoms. The van der Waals surface area contributed by atoms with Gasteiger partial charge in [-0.05, 0) is 64.6 Å². The smallest absolute Gasteiger partial charge is 0.233 e. The zero-order valence-corrected chi connectivity index (χ0v) is 21.9. The van der Waals surface area contributed by atoms with Crippen LogP contribution in [0.5, 0.6) is 0 Å². The van der Waals surface area contributed by atoms with Crippen LogP contribution in [0, 0.1) is 5.92 Å². The SMILES string of the molecule is CCC(C)(C)OC1=NC2C=CC(/C=C\C=C/2)N=C1CN1CCCC(COC2=C(F)CC=CC=C2)CC1. The average molecular weight is 494 g/mol. The summed E-state index contributed by atoms with van der Waals surface area (Å²) >= 11 is 0. The summed E-state index contributed by atoms with van der Waals surface area (Å²) < 4.78 is 26.6. The molecule has 3 atom stereocenters. The third-order valence-corrected chi connectivity index (χ3v) is 7.12. The lowest BCUT2D eigenvalue weighted by Crippen LogP contribution is -2.40. The molecular formula is C30H40FN3O2. The Morgan fingerprint density at radius 1 is 1.00 bits per heavy atom. The summed E-state index contributed by atoms with van der Waals surface area (Å²) in [4.78, 5) is 12.5. The molecule has 0 saturated carbocycles. The van der Waals surface area contributed by atoms with Gasteiger partial charge in [0.25, 0.3) is 0 Å². The van der Waals surface area contributed by atoms with Gasteiger partial charge in [0.15, 0.2) is 5.76 Å². The maximum absolute atomic E-state index is 14.2. The Kier molecular flexibility index (Phi) is 9.13. The Bertz CT molecular complexity index is 1020. The highest BCUT2D eigenvalue weighted by molar-refractivity contribution is 6.40. The van der Waals surface area contributed by atoms with Gasteiger partial charge < -0.3 is 9.47 Å². The summed E-state index contributed by atoms with van der Waals surface area (Å²) in [5.41, 5.74) is 0.591. The summed E-state index contributed by atoms with van der Waals surface area (Å²) in [6.07, 6.45) is 24.1. The van der Waals surface area contributed by atoms with Gasteiger partial charge in [0, 0.05) is 13.0 Å². The molecule has 2 heterocycles. The van der Waals surface area contributed by atoms with Crippen LogP contribution in [0.25, 0.3) is 0 Å². The van der Waals surface area contributed by atoms with Crippen LogP contribution in [0.3, 0.4) is 0 Å². The molecule has 4 rings (SSSR count). The summed E-state index contributed by atoms with van der Waals surface area (Å²) in [5, 5.41) is 0. The van der Waals surface area contributed by atoms with Gasteiger partial charge in [0.05, 0.1) is 18.7 Å². The number of hydrogen-bond acceptors (Lipinski definition) is 5. The van der Waals surface area contributed by atoms with E-state index in [0.29, 0.717) is 37.1 Å². The zero-order chi connectivity index (χ0) is 25.4. The first kappa shape index (κ1) is 26.3. The highest BCUT2D eigenvalue weighted by atomic mass is 19.1. The van der Waals surface area contributed by atoms with Crippen LogP contribution in [0.1, 0.15) is 52.9 Å². The molecule has 0 spiro atoms. The molecular weight excluding hydrogens is 453 g/mol. The summed E-state index contributed by atoms with van der Waals surface area (Å²) in [6, 6.07) is -0.0797. The number of aliphatic imine (C=N–C) groups is 2. The molecule has 194 valence electrons. The Morgan fingerprint density at radius 3 is 2.56 bits per heavy atom. The van der Waals surface area contributed by atoms with Crippen LogP contribution in [-0.2, 0) is 9.47 Å². The van der Waals surface area contributed by atoms with Crippen LogP contribution in [0.4, 0.5) is 4.39 Å². The minimum atomic E-state index is -0.320. The highest BCUT2D eigenvalue weighted by Gasteiger charge is 2.27.